The van der Waals surface area contributed by atoms with Crippen LogP contribution in [0.15, 0.2) is 17.2 Å². The second kappa shape index (κ2) is 4.67. The van der Waals surface area contributed by atoms with Gasteiger partial charge in [-0.25, -0.2) is 13.2 Å². The molecule has 9 heteroatoms. The number of carboxylic acids is 1. The van der Waals surface area contributed by atoms with Crippen LogP contribution in [-0.4, -0.2) is 34.3 Å². The Morgan fingerprint density at radius 3 is 2.55 bits per heavy atom. The van der Waals surface area contributed by atoms with Crippen molar-refractivity contribution in [3.8, 4) is 0 Å². The van der Waals surface area contributed by atoms with Crippen molar-refractivity contribution in [1.29, 1.82) is 0 Å². The molecule has 0 saturated heterocycles. The molecule has 20 heavy (non-hydrogen) atoms. The van der Waals surface area contributed by atoms with Crippen LogP contribution >= 0.6 is 0 Å². The smallest absolute Gasteiger partial charge is 0.352 e. The van der Waals surface area contributed by atoms with Crippen LogP contribution in [0.25, 0.3) is 0 Å². The van der Waals surface area contributed by atoms with Crippen LogP contribution in [0.4, 0.5) is 5.69 Å². The van der Waals surface area contributed by atoms with Crippen LogP contribution < -0.4 is 4.72 Å². The van der Waals surface area contributed by atoms with E-state index in [4.69, 9.17) is 5.11 Å². The average molecular weight is 298 g/mol. The third-order valence-electron chi connectivity index (χ3n) is 2.87. The highest BCUT2D eigenvalue weighted by Gasteiger charge is 2.22. The number of hydrogen-bond acceptors (Lipinski definition) is 4. The van der Waals surface area contributed by atoms with Crippen molar-refractivity contribution in [2.75, 3.05) is 4.72 Å². The number of aromatic carboxylic acids is 1. The number of rotatable bonds is 4. The van der Waals surface area contributed by atoms with Crippen LogP contribution in [-0.2, 0) is 17.1 Å². The van der Waals surface area contributed by atoms with Crippen molar-refractivity contribution in [3.63, 3.8) is 0 Å². The van der Waals surface area contributed by atoms with E-state index in [0.29, 0.717) is 17.1 Å². The molecule has 0 bridgehead atoms. The Hall–Kier alpha value is -2.29. The van der Waals surface area contributed by atoms with E-state index in [0.717, 1.165) is 6.07 Å². The summed E-state index contributed by atoms with van der Waals surface area (Å²) in [5, 5.41) is 15.5. The van der Waals surface area contributed by atoms with Crippen molar-refractivity contribution in [2.24, 2.45) is 7.05 Å². The van der Waals surface area contributed by atoms with E-state index in [1.807, 2.05) is 0 Å². The molecule has 0 fully saturated rings. The molecule has 0 radical (unpaired) electrons. The number of carbonyl (C=O) groups is 1. The zero-order valence-corrected chi connectivity index (χ0v) is 11.9. The second-order valence-corrected chi connectivity index (χ2v) is 6.07. The third kappa shape index (κ3) is 2.39. The van der Waals surface area contributed by atoms with Crippen LogP contribution in [0.1, 0.15) is 21.9 Å². The molecule has 0 aliphatic rings. The fraction of sp³-hybridized carbons (Fsp3) is 0.273. The van der Waals surface area contributed by atoms with Crippen LogP contribution in [0.2, 0.25) is 0 Å². The first-order valence-corrected chi connectivity index (χ1v) is 7.14. The summed E-state index contributed by atoms with van der Waals surface area (Å²) in [6.45, 7) is 3.35. The number of carboxylic acid groups (broad SMARTS) is 1. The fourth-order valence-electron chi connectivity index (χ4n) is 1.79. The molecule has 8 nitrogen and oxygen atoms in total. The Labute approximate surface area is 115 Å². The molecule has 0 spiro atoms. The molecular weight excluding hydrogens is 284 g/mol. The molecule has 2 heterocycles. The van der Waals surface area contributed by atoms with E-state index in [2.05, 4.69) is 14.9 Å². The molecule has 0 atom stereocenters. The maximum atomic E-state index is 12.2. The molecule has 0 saturated carbocycles. The quantitative estimate of drug-likeness (QED) is 0.774. The highest BCUT2D eigenvalue weighted by molar-refractivity contribution is 7.92. The molecule has 0 aliphatic heterocycles. The minimum Gasteiger partial charge on any atom is -0.477 e. The summed E-state index contributed by atoms with van der Waals surface area (Å²) in [7, 11) is -2.39. The van der Waals surface area contributed by atoms with E-state index in [9.17, 15) is 13.2 Å². The SMILES string of the molecule is Cc1n[nH]c(C)c1NS(=O)(=O)c1cc(C(=O)O)n(C)c1. The van der Waals surface area contributed by atoms with Crippen LogP contribution in [0.5, 0.6) is 0 Å². The molecule has 0 aromatic carbocycles. The number of hydrogen-bond donors (Lipinski definition) is 3. The number of aromatic nitrogens is 3. The summed E-state index contributed by atoms with van der Waals surface area (Å²) in [4.78, 5) is 10.8. The molecule has 3 N–H and O–H groups in total. The summed E-state index contributed by atoms with van der Waals surface area (Å²) in [5.74, 6) is -1.19. The number of anilines is 1. The molecule has 0 aliphatic carbocycles. The van der Waals surface area contributed by atoms with Gasteiger partial charge in [-0.15, -0.1) is 0 Å². The lowest BCUT2D eigenvalue weighted by atomic mass is 10.3. The summed E-state index contributed by atoms with van der Waals surface area (Å²) >= 11 is 0. The lowest BCUT2D eigenvalue weighted by molar-refractivity contribution is 0.0686. The second-order valence-electron chi connectivity index (χ2n) is 4.39. The molecule has 108 valence electrons. The summed E-state index contributed by atoms with van der Waals surface area (Å²) in [6, 6.07) is 1.11. The minimum atomic E-state index is -3.86. The number of sulfonamides is 1. The first-order valence-electron chi connectivity index (χ1n) is 5.66. The van der Waals surface area contributed by atoms with Crippen molar-refractivity contribution in [1.82, 2.24) is 14.8 Å². The Kier molecular flexibility index (Phi) is 3.30. The summed E-state index contributed by atoms with van der Waals surface area (Å²) < 4.78 is 28.1. The topological polar surface area (TPSA) is 117 Å². The predicted octanol–water partition coefficient (Wildman–Crippen LogP) is 0.864. The highest BCUT2D eigenvalue weighted by atomic mass is 32.2. The van der Waals surface area contributed by atoms with Gasteiger partial charge in [-0.05, 0) is 19.9 Å². The molecule has 2 aromatic rings. The van der Waals surface area contributed by atoms with E-state index >= 15 is 0 Å². The van der Waals surface area contributed by atoms with E-state index < -0.39 is 16.0 Å². The maximum Gasteiger partial charge on any atom is 0.352 e. The predicted molar refractivity (Wildman–Crippen MR) is 71.2 cm³/mol. The van der Waals surface area contributed by atoms with Crippen LogP contribution in [0.3, 0.4) is 0 Å². The molecule has 2 rings (SSSR count). The first kappa shape index (κ1) is 14.1. The van der Waals surface area contributed by atoms with Gasteiger partial charge >= 0.3 is 5.97 Å². The number of nitrogens with zero attached hydrogens (tertiary/aromatic N) is 2. The van der Waals surface area contributed by atoms with Gasteiger partial charge in [0.25, 0.3) is 10.0 Å². The van der Waals surface area contributed by atoms with Gasteiger partial charge in [-0.3, -0.25) is 9.82 Å². The van der Waals surface area contributed by atoms with E-state index in [-0.39, 0.29) is 10.6 Å². The Morgan fingerprint density at radius 2 is 2.10 bits per heavy atom. The van der Waals surface area contributed by atoms with Gasteiger partial charge < -0.3 is 9.67 Å². The lowest BCUT2D eigenvalue weighted by Crippen LogP contribution is -2.13. The number of nitrogens with one attached hydrogen (secondary N) is 2. The van der Waals surface area contributed by atoms with Gasteiger partial charge in [-0.2, -0.15) is 5.10 Å². The van der Waals surface area contributed by atoms with Gasteiger partial charge in [0.15, 0.2) is 0 Å². The average Bonchev–Trinajstić information content (AvgIpc) is 2.87. The zero-order chi connectivity index (χ0) is 15.1. The van der Waals surface area contributed by atoms with E-state index in [1.54, 1.807) is 13.8 Å². The highest BCUT2D eigenvalue weighted by Crippen LogP contribution is 2.22. The van der Waals surface area contributed by atoms with Gasteiger partial charge in [0, 0.05) is 13.2 Å². The summed E-state index contributed by atoms with van der Waals surface area (Å²) in [6.07, 6.45) is 1.25. The van der Waals surface area contributed by atoms with Crippen molar-refractivity contribution in [2.45, 2.75) is 18.7 Å². The van der Waals surface area contributed by atoms with Gasteiger partial charge in [-0.1, -0.05) is 0 Å². The normalized spacial score (nSPS) is 11.6. The zero-order valence-electron chi connectivity index (χ0n) is 11.1. The molecule has 0 amide bonds. The molecule has 2 aromatic heterocycles. The Bertz CT molecular complexity index is 753. The Balaban J connectivity index is 2.41. The first-order chi connectivity index (χ1) is 9.22. The van der Waals surface area contributed by atoms with E-state index in [1.165, 1.54) is 17.8 Å². The standard InChI is InChI=1S/C11H14N4O4S/c1-6-10(7(2)13-12-6)14-20(18,19)8-4-9(11(16)17)15(3)5-8/h4-5,14H,1-3H3,(H,12,13)(H,16,17). The van der Waals surface area contributed by atoms with Crippen molar-refractivity contribution in [3.05, 3.63) is 29.3 Å². The van der Waals surface area contributed by atoms with Crippen LogP contribution in [0, 0.1) is 13.8 Å². The summed E-state index contributed by atoms with van der Waals surface area (Å²) in [5.41, 5.74) is 1.36. The lowest BCUT2D eigenvalue weighted by Gasteiger charge is -2.06. The molecular formula is C11H14N4O4S. The fourth-order valence-corrected chi connectivity index (χ4v) is 3.04. The monoisotopic (exact) mass is 298 g/mol. The third-order valence-corrected chi connectivity index (χ3v) is 4.19. The van der Waals surface area contributed by atoms with Gasteiger partial charge in [0.2, 0.25) is 0 Å². The van der Waals surface area contributed by atoms with Crippen molar-refractivity contribution < 1.29 is 18.3 Å². The Morgan fingerprint density at radius 1 is 1.45 bits per heavy atom. The van der Waals surface area contributed by atoms with Gasteiger partial charge in [0.05, 0.1) is 17.1 Å². The van der Waals surface area contributed by atoms with Crippen molar-refractivity contribution >= 4 is 21.7 Å². The largest absolute Gasteiger partial charge is 0.477 e. The minimum absolute atomic E-state index is 0.106. The molecule has 0 unspecified atom stereocenters. The number of aryl methyl sites for hydroxylation is 3. The van der Waals surface area contributed by atoms with Gasteiger partial charge in [0.1, 0.15) is 10.6 Å². The maximum absolute atomic E-state index is 12.2. The number of H-pyrrole nitrogens is 1. The number of aromatic amines is 1.